The Labute approximate surface area is 125 Å². The molecule has 2 rings (SSSR count). The van der Waals surface area contributed by atoms with Crippen molar-refractivity contribution in [1.29, 1.82) is 0 Å². The minimum atomic E-state index is 0.662. The van der Waals surface area contributed by atoms with Gasteiger partial charge in [-0.15, -0.1) is 0 Å². The molecular weight excluding hydrogens is 266 g/mol. The maximum Gasteiger partial charge on any atom is 0.183 e. The molecule has 5 heteroatoms. The van der Waals surface area contributed by atoms with Crippen LogP contribution in [0, 0.1) is 0 Å². The molecule has 0 saturated heterocycles. The highest BCUT2D eigenvalue weighted by Gasteiger charge is 2.13. The average Bonchev–Trinajstić information content (AvgIpc) is 2.46. The van der Waals surface area contributed by atoms with Crippen molar-refractivity contribution in [3.05, 3.63) is 47.8 Å². The van der Waals surface area contributed by atoms with Gasteiger partial charge in [0.1, 0.15) is 5.69 Å². The van der Waals surface area contributed by atoms with Crippen LogP contribution in [0.4, 0.5) is 5.69 Å². The highest BCUT2D eigenvalue weighted by atomic mass is 16.5. The minimum Gasteiger partial charge on any atom is -0.493 e. The summed E-state index contributed by atoms with van der Waals surface area (Å²) in [5, 5.41) is 0. The van der Waals surface area contributed by atoms with Gasteiger partial charge in [-0.3, -0.25) is 9.88 Å². The van der Waals surface area contributed by atoms with Gasteiger partial charge in [-0.1, -0.05) is 12.1 Å². The third kappa shape index (κ3) is 3.86. The Morgan fingerprint density at radius 2 is 1.95 bits per heavy atom. The van der Waals surface area contributed by atoms with E-state index >= 15 is 0 Å². The molecule has 0 aliphatic heterocycles. The molecule has 0 radical (unpaired) electrons. The van der Waals surface area contributed by atoms with Crippen LogP contribution >= 0.6 is 0 Å². The first-order chi connectivity index (χ1) is 10.1. The summed E-state index contributed by atoms with van der Waals surface area (Å²) in [6.45, 7) is 1.45. The number of rotatable bonds is 6. The molecule has 2 N–H and O–H groups in total. The zero-order chi connectivity index (χ0) is 15.2. The minimum absolute atomic E-state index is 0.662. The van der Waals surface area contributed by atoms with Crippen LogP contribution in [0.5, 0.6) is 11.5 Å². The summed E-state index contributed by atoms with van der Waals surface area (Å²) in [6.07, 6.45) is 1.73. The van der Waals surface area contributed by atoms with Crippen LogP contribution in [0.3, 0.4) is 0 Å². The van der Waals surface area contributed by atoms with Crippen LogP contribution in [-0.4, -0.2) is 31.2 Å². The summed E-state index contributed by atoms with van der Waals surface area (Å²) in [4.78, 5) is 6.54. The van der Waals surface area contributed by atoms with Crippen molar-refractivity contribution in [2.24, 2.45) is 0 Å². The van der Waals surface area contributed by atoms with Gasteiger partial charge in [0.2, 0.25) is 0 Å². The molecule has 0 bridgehead atoms. The van der Waals surface area contributed by atoms with E-state index in [0.29, 0.717) is 18.0 Å². The van der Waals surface area contributed by atoms with E-state index in [0.717, 1.165) is 17.9 Å². The van der Waals surface area contributed by atoms with Crippen LogP contribution in [0.15, 0.2) is 36.5 Å². The zero-order valence-corrected chi connectivity index (χ0v) is 12.7. The molecule has 0 aliphatic carbocycles. The molecule has 0 aliphatic rings. The first-order valence-electron chi connectivity index (χ1n) is 6.73. The summed E-state index contributed by atoms with van der Waals surface area (Å²) in [5.74, 6) is 1.37. The van der Waals surface area contributed by atoms with Gasteiger partial charge in [0, 0.05) is 31.0 Å². The van der Waals surface area contributed by atoms with Crippen molar-refractivity contribution in [2.75, 3.05) is 27.0 Å². The van der Waals surface area contributed by atoms with E-state index in [1.807, 2.05) is 25.2 Å². The number of benzene rings is 1. The van der Waals surface area contributed by atoms with Crippen molar-refractivity contribution >= 4 is 5.69 Å². The van der Waals surface area contributed by atoms with Gasteiger partial charge in [-0.2, -0.15) is 0 Å². The largest absolute Gasteiger partial charge is 0.493 e. The van der Waals surface area contributed by atoms with E-state index in [-0.39, 0.29) is 0 Å². The van der Waals surface area contributed by atoms with Gasteiger partial charge in [0.15, 0.2) is 11.5 Å². The number of methoxy groups -OCH3 is 2. The number of nitrogens with zero attached hydrogens (tertiary/aromatic N) is 2. The van der Waals surface area contributed by atoms with E-state index in [1.54, 1.807) is 26.5 Å². The van der Waals surface area contributed by atoms with Gasteiger partial charge in [-0.25, -0.2) is 0 Å². The fourth-order valence-corrected chi connectivity index (χ4v) is 2.28. The molecule has 5 nitrogen and oxygen atoms in total. The Bertz CT molecular complexity index is 602. The molecule has 21 heavy (non-hydrogen) atoms. The second-order valence-electron chi connectivity index (χ2n) is 4.91. The monoisotopic (exact) mass is 287 g/mol. The topological polar surface area (TPSA) is 60.6 Å². The average molecular weight is 287 g/mol. The second kappa shape index (κ2) is 6.95. The summed E-state index contributed by atoms with van der Waals surface area (Å²) in [5.41, 5.74) is 8.60. The van der Waals surface area contributed by atoms with Gasteiger partial charge < -0.3 is 15.2 Å². The number of pyridine rings is 1. The maximum absolute atomic E-state index is 5.80. The van der Waals surface area contributed by atoms with Crippen molar-refractivity contribution in [1.82, 2.24) is 9.88 Å². The molecule has 0 spiro atoms. The molecule has 0 unspecified atom stereocenters. The maximum atomic E-state index is 5.80. The van der Waals surface area contributed by atoms with Crippen molar-refractivity contribution < 1.29 is 9.47 Å². The third-order valence-electron chi connectivity index (χ3n) is 3.19. The third-order valence-corrected chi connectivity index (χ3v) is 3.19. The summed E-state index contributed by atoms with van der Waals surface area (Å²) < 4.78 is 10.7. The Hall–Kier alpha value is -2.27. The van der Waals surface area contributed by atoms with E-state index in [4.69, 9.17) is 15.2 Å². The Balaban J connectivity index is 2.11. The number of ether oxygens (including phenoxy) is 2. The lowest BCUT2D eigenvalue weighted by atomic mass is 10.2. The normalized spacial score (nSPS) is 10.7. The smallest absolute Gasteiger partial charge is 0.183 e. The lowest BCUT2D eigenvalue weighted by molar-refractivity contribution is 0.298. The lowest BCUT2D eigenvalue weighted by Gasteiger charge is -2.19. The molecule has 1 heterocycles. The van der Waals surface area contributed by atoms with E-state index in [9.17, 15) is 0 Å². The fraction of sp³-hybridized carbons (Fsp3) is 0.312. The quantitative estimate of drug-likeness (QED) is 0.826. The predicted molar refractivity (Wildman–Crippen MR) is 83.4 cm³/mol. The Kier molecular flexibility index (Phi) is 5.00. The van der Waals surface area contributed by atoms with Gasteiger partial charge >= 0.3 is 0 Å². The molecule has 112 valence electrons. The highest BCUT2D eigenvalue weighted by molar-refractivity contribution is 5.43. The number of aromatic nitrogens is 1. The SMILES string of the molecule is COc1ccnc(CN(C)Cc2cccc(N)c2)c1OC. The molecule has 0 saturated carbocycles. The molecular formula is C16H21N3O2. The standard InChI is InChI=1S/C16H21N3O2/c1-19(10-12-5-4-6-13(17)9-12)11-14-16(21-3)15(20-2)7-8-18-14/h4-9H,10-11,17H2,1-3H3. The fourth-order valence-electron chi connectivity index (χ4n) is 2.28. The second-order valence-corrected chi connectivity index (χ2v) is 4.91. The number of nitrogen functional groups attached to an aromatic ring is 1. The molecule has 1 aromatic heterocycles. The summed E-state index contributed by atoms with van der Waals surface area (Å²) in [6, 6.07) is 9.68. The zero-order valence-electron chi connectivity index (χ0n) is 12.7. The van der Waals surface area contributed by atoms with Crippen LogP contribution in [0.1, 0.15) is 11.3 Å². The summed E-state index contributed by atoms with van der Waals surface area (Å²) >= 11 is 0. The van der Waals surface area contributed by atoms with Crippen LogP contribution < -0.4 is 15.2 Å². The molecule has 2 aromatic rings. The van der Waals surface area contributed by atoms with E-state index in [2.05, 4.69) is 16.0 Å². The van der Waals surface area contributed by atoms with Gasteiger partial charge in [0.25, 0.3) is 0 Å². The Morgan fingerprint density at radius 3 is 2.62 bits per heavy atom. The van der Waals surface area contributed by atoms with Gasteiger partial charge in [0.05, 0.1) is 14.2 Å². The molecule has 0 fully saturated rings. The van der Waals surface area contributed by atoms with Crippen LogP contribution in [-0.2, 0) is 13.1 Å². The van der Waals surface area contributed by atoms with Crippen molar-refractivity contribution in [3.63, 3.8) is 0 Å². The molecule has 0 amide bonds. The highest BCUT2D eigenvalue weighted by Crippen LogP contribution is 2.29. The first kappa shape index (κ1) is 15.1. The molecule has 1 aromatic carbocycles. The van der Waals surface area contributed by atoms with Crippen molar-refractivity contribution in [2.45, 2.75) is 13.1 Å². The Morgan fingerprint density at radius 1 is 1.14 bits per heavy atom. The number of hydrogen-bond donors (Lipinski definition) is 1. The van der Waals surface area contributed by atoms with E-state index < -0.39 is 0 Å². The molecule has 0 atom stereocenters. The predicted octanol–water partition coefficient (Wildman–Crippen LogP) is 2.31. The summed E-state index contributed by atoms with van der Waals surface area (Å²) in [7, 11) is 5.28. The van der Waals surface area contributed by atoms with Gasteiger partial charge in [-0.05, 0) is 24.7 Å². The lowest BCUT2D eigenvalue weighted by Crippen LogP contribution is -2.18. The number of nitrogens with two attached hydrogens (primary N) is 1. The van der Waals surface area contributed by atoms with Crippen molar-refractivity contribution in [3.8, 4) is 11.5 Å². The van der Waals surface area contributed by atoms with E-state index in [1.165, 1.54) is 5.56 Å². The number of hydrogen-bond acceptors (Lipinski definition) is 5. The van der Waals surface area contributed by atoms with Crippen LogP contribution in [0.25, 0.3) is 0 Å². The van der Waals surface area contributed by atoms with Crippen LogP contribution in [0.2, 0.25) is 0 Å². The number of anilines is 1. The first-order valence-corrected chi connectivity index (χ1v) is 6.73.